The maximum Gasteiger partial charge on any atom is 0.270 e. The molecule has 126 valence electrons. The van der Waals surface area contributed by atoms with Gasteiger partial charge < -0.3 is 16.4 Å². The number of anilines is 3. The lowest BCUT2D eigenvalue weighted by Crippen LogP contribution is -2.18. The number of primary amides is 1. The van der Waals surface area contributed by atoms with Crippen molar-refractivity contribution in [2.75, 3.05) is 10.6 Å². The summed E-state index contributed by atoms with van der Waals surface area (Å²) in [6, 6.07) is 16.6. The van der Waals surface area contributed by atoms with Crippen LogP contribution in [0.4, 0.5) is 15.8 Å². The van der Waals surface area contributed by atoms with Gasteiger partial charge in [0.25, 0.3) is 11.8 Å². The first kappa shape index (κ1) is 16.7. The van der Waals surface area contributed by atoms with E-state index in [1.165, 1.54) is 0 Å². The Hall–Kier alpha value is -3.19. The molecule has 0 fully saturated rings. The maximum atomic E-state index is 12.5. The highest BCUT2D eigenvalue weighted by Crippen LogP contribution is 2.31. The summed E-state index contributed by atoms with van der Waals surface area (Å²) in [6.45, 7) is 1.85. The predicted molar refractivity (Wildman–Crippen MR) is 99.5 cm³/mol. The predicted octanol–water partition coefficient (Wildman–Crippen LogP) is 3.55. The zero-order chi connectivity index (χ0) is 17.8. The van der Waals surface area contributed by atoms with E-state index in [9.17, 15) is 9.59 Å². The minimum Gasteiger partial charge on any atom is -0.364 e. The standard InChI is InChI=1S/C18H16N4O2S/c1-11-7-5-6-10-13(11)16(24)22-17-14(15(19)23)21-18(25-17)20-12-8-3-2-4-9-12/h2-10H,1H3,(H2,19,23)(H,20,21)(H,22,24). The van der Waals surface area contributed by atoms with Crippen LogP contribution in [-0.4, -0.2) is 16.8 Å². The van der Waals surface area contributed by atoms with E-state index in [0.29, 0.717) is 15.7 Å². The molecule has 4 N–H and O–H groups in total. The number of rotatable bonds is 5. The van der Waals surface area contributed by atoms with E-state index in [1.54, 1.807) is 12.1 Å². The first-order valence-electron chi connectivity index (χ1n) is 7.54. The van der Waals surface area contributed by atoms with Crippen molar-refractivity contribution < 1.29 is 9.59 Å². The zero-order valence-corrected chi connectivity index (χ0v) is 14.3. The van der Waals surface area contributed by atoms with Crippen LogP contribution in [0.15, 0.2) is 54.6 Å². The molecule has 0 atom stereocenters. The highest BCUT2D eigenvalue weighted by molar-refractivity contribution is 7.20. The van der Waals surface area contributed by atoms with Crippen LogP contribution in [0.1, 0.15) is 26.4 Å². The summed E-state index contributed by atoms with van der Waals surface area (Å²) in [6.07, 6.45) is 0. The number of aromatic nitrogens is 1. The van der Waals surface area contributed by atoms with Crippen molar-refractivity contribution in [2.45, 2.75) is 6.92 Å². The van der Waals surface area contributed by atoms with E-state index in [1.807, 2.05) is 49.4 Å². The summed E-state index contributed by atoms with van der Waals surface area (Å²) in [5.41, 5.74) is 7.62. The van der Waals surface area contributed by atoms with Crippen molar-refractivity contribution in [2.24, 2.45) is 5.73 Å². The molecule has 0 spiro atoms. The fourth-order valence-electron chi connectivity index (χ4n) is 2.27. The van der Waals surface area contributed by atoms with Gasteiger partial charge in [-0.25, -0.2) is 4.98 Å². The average molecular weight is 352 g/mol. The Bertz CT molecular complexity index is 922. The molecule has 2 aromatic carbocycles. The van der Waals surface area contributed by atoms with Gasteiger partial charge in [-0.05, 0) is 30.7 Å². The molecular formula is C18H16N4O2S. The van der Waals surface area contributed by atoms with Crippen LogP contribution in [0.25, 0.3) is 0 Å². The molecule has 25 heavy (non-hydrogen) atoms. The number of nitrogens with one attached hydrogen (secondary N) is 2. The van der Waals surface area contributed by atoms with Crippen LogP contribution in [-0.2, 0) is 0 Å². The van der Waals surface area contributed by atoms with Gasteiger partial charge in [-0.15, -0.1) is 0 Å². The Morgan fingerprint density at radius 2 is 1.72 bits per heavy atom. The summed E-state index contributed by atoms with van der Waals surface area (Å²) < 4.78 is 0. The number of nitrogens with two attached hydrogens (primary N) is 1. The first-order valence-corrected chi connectivity index (χ1v) is 8.36. The van der Waals surface area contributed by atoms with E-state index in [2.05, 4.69) is 15.6 Å². The van der Waals surface area contributed by atoms with E-state index >= 15 is 0 Å². The number of carbonyl (C=O) groups is 2. The van der Waals surface area contributed by atoms with Gasteiger partial charge >= 0.3 is 0 Å². The van der Waals surface area contributed by atoms with Gasteiger partial charge in [-0.3, -0.25) is 9.59 Å². The molecule has 0 radical (unpaired) electrons. The van der Waals surface area contributed by atoms with Crippen LogP contribution >= 0.6 is 11.3 Å². The monoisotopic (exact) mass is 352 g/mol. The highest BCUT2D eigenvalue weighted by Gasteiger charge is 2.19. The Morgan fingerprint density at radius 1 is 1.04 bits per heavy atom. The van der Waals surface area contributed by atoms with Gasteiger partial charge in [0.1, 0.15) is 5.00 Å². The highest BCUT2D eigenvalue weighted by atomic mass is 32.1. The molecule has 0 bridgehead atoms. The van der Waals surface area contributed by atoms with E-state index in [4.69, 9.17) is 5.73 Å². The Labute approximate surface area is 148 Å². The molecule has 0 aliphatic rings. The van der Waals surface area contributed by atoms with Crippen molar-refractivity contribution in [1.29, 1.82) is 0 Å². The number of nitrogens with zero attached hydrogens (tertiary/aromatic N) is 1. The Balaban J connectivity index is 1.86. The lowest BCUT2D eigenvalue weighted by molar-refractivity contribution is 0.0997. The van der Waals surface area contributed by atoms with Crippen LogP contribution in [0, 0.1) is 6.92 Å². The third-order valence-electron chi connectivity index (χ3n) is 3.50. The summed E-state index contributed by atoms with van der Waals surface area (Å²) in [5.74, 6) is -1.01. The lowest BCUT2D eigenvalue weighted by Gasteiger charge is -2.06. The third-order valence-corrected chi connectivity index (χ3v) is 4.39. The summed E-state index contributed by atoms with van der Waals surface area (Å²) in [5, 5.41) is 6.61. The van der Waals surface area contributed by atoms with Crippen molar-refractivity contribution in [3.8, 4) is 0 Å². The third kappa shape index (κ3) is 3.84. The molecule has 0 saturated carbocycles. The largest absolute Gasteiger partial charge is 0.364 e. The maximum absolute atomic E-state index is 12.5. The normalized spacial score (nSPS) is 10.3. The number of amides is 2. The number of aryl methyl sites for hydroxylation is 1. The second kappa shape index (κ2) is 7.14. The molecule has 3 aromatic rings. The Morgan fingerprint density at radius 3 is 2.40 bits per heavy atom. The molecule has 0 aliphatic heterocycles. The van der Waals surface area contributed by atoms with E-state index in [0.717, 1.165) is 22.6 Å². The Kier molecular flexibility index (Phi) is 4.76. The van der Waals surface area contributed by atoms with Crippen molar-refractivity contribution in [3.05, 3.63) is 71.4 Å². The van der Waals surface area contributed by atoms with Crippen LogP contribution in [0.3, 0.4) is 0 Å². The fraction of sp³-hybridized carbons (Fsp3) is 0.0556. The molecule has 3 rings (SSSR count). The molecule has 0 aliphatic carbocycles. The van der Waals surface area contributed by atoms with Crippen LogP contribution in [0.2, 0.25) is 0 Å². The minimum absolute atomic E-state index is 0.0327. The second-order valence-corrected chi connectivity index (χ2v) is 6.32. The molecular weight excluding hydrogens is 336 g/mol. The summed E-state index contributed by atoms with van der Waals surface area (Å²) >= 11 is 1.16. The SMILES string of the molecule is Cc1ccccc1C(=O)Nc1sc(Nc2ccccc2)nc1C(N)=O. The lowest BCUT2D eigenvalue weighted by atomic mass is 10.1. The van der Waals surface area contributed by atoms with Crippen LogP contribution < -0.4 is 16.4 Å². The van der Waals surface area contributed by atoms with Crippen LogP contribution in [0.5, 0.6) is 0 Å². The number of para-hydroxylation sites is 1. The first-order chi connectivity index (χ1) is 12.0. The molecule has 0 saturated heterocycles. The van der Waals surface area contributed by atoms with Gasteiger partial charge in [0.15, 0.2) is 10.8 Å². The van der Waals surface area contributed by atoms with Gasteiger partial charge in [0, 0.05) is 11.3 Å². The van der Waals surface area contributed by atoms with Crippen molar-refractivity contribution in [1.82, 2.24) is 4.98 Å². The van der Waals surface area contributed by atoms with Gasteiger partial charge in [0.2, 0.25) is 0 Å². The van der Waals surface area contributed by atoms with E-state index < -0.39 is 5.91 Å². The van der Waals surface area contributed by atoms with E-state index in [-0.39, 0.29) is 11.6 Å². The number of hydrogen-bond donors (Lipinski definition) is 3. The number of benzene rings is 2. The smallest absolute Gasteiger partial charge is 0.270 e. The minimum atomic E-state index is -0.697. The summed E-state index contributed by atoms with van der Waals surface area (Å²) in [4.78, 5) is 28.3. The molecule has 1 aromatic heterocycles. The summed E-state index contributed by atoms with van der Waals surface area (Å²) in [7, 11) is 0. The molecule has 0 unspecified atom stereocenters. The fourth-order valence-corrected chi connectivity index (χ4v) is 3.15. The average Bonchev–Trinajstić information content (AvgIpc) is 2.98. The van der Waals surface area contributed by atoms with Crippen molar-refractivity contribution in [3.63, 3.8) is 0 Å². The quantitative estimate of drug-likeness (QED) is 0.654. The number of hydrogen-bond acceptors (Lipinski definition) is 5. The number of thiazole rings is 1. The van der Waals surface area contributed by atoms with Gasteiger partial charge in [-0.1, -0.05) is 47.7 Å². The van der Waals surface area contributed by atoms with Gasteiger partial charge in [0.05, 0.1) is 0 Å². The molecule has 2 amide bonds. The number of carbonyl (C=O) groups excluding carboxylic acids is 2. The second-order valence-electron chi connectivity index (χ2n) is 5.32. The van der Waals surface area contributed by atoms with Crippen molar-refractivity contribution >= 4 is 39.0 Å². The molecule has 7 heteroatoms. The topological polar surface area (TPSA) is 97.1 Å². The van der Waals surface area contributed by atoms with Gasteiger partial charge in [-0.2, -0.15) is 0 Å². The zero-order valence-electron chi connectivity index (χ0n) is 13.4. The molecule has 6 nitrogen and oxygen atoms in total. The molecule has 1 heterocycles.